The normalized spacial score (nSPS) is 48.3. The van der Waals surface area contributed by atoms with Gasteiger partial charge in [0.15, 0.2) is 0 Å². The van der Waals surface area contributed by atoms with E-state index in [1.807, 2.05) is 0 Å². The Hall–Kier alpha value is -0.0500. The highest BCUT2D eigenvalue weighted by molar-refractivity contribution is 9.09. The Bertz CT molecular complexity index is 378. The van der Waals surface area contributed by atoms with Crippen LogP contribution in [-0.2, 0) is 4.79 Å². The highest BCUT2D eigenvalue weighted by atomic mass is 79.9. The summed E-state index contributed by atoms with van der Waals surface area (Å²) < 4.78 is 0. The molecule has 1 amide bonds. The first-order chi connectivity index (χ1) is 10.1. The van der Waals surface area contributed by atoms with E-state index in [1.165, 1.54) is 64.2 Å². The lowest BCUT2D eigenvalue weighted by atomic mass is 9.49. The summed E-state index contributed by atoms with van der Waals surface area (Å²) in [6.45, 7) is 0.931. The van der Waals surface area contributed by atoms with Crippen molar-refractivity contribution in [2.75, 3.05) is 6.54 Å². The van der Waals surface area contributed by atoms with E-state index in [4.69, 9.17) is 0 Å². The van der Waals surface area contributed by atoms with Crippen LogP contribution in [-0.4, -0.2) is 17.3 Å². The fourth-order valence-corrected chi connectivity index (χ4v) is 6.67. The van der Waals surface area contributed by atoms with Gasteiger partial charge >= 0.3 is 0 Å². The number of carbonyl (C=O) groups is 1. The van der Waals surface area contributed by atoms with Crippen molar-refractivity contribution in [3.63, 3.8) is 0 Å². The van der Waals surface area contributed by atoms with Crippen molar-refractivity contribution in [1.82, 2.24) is 5.32 Å². The predicted octanol–water partition coefficient (Wildman–Crippen LogP) is 4.27. The topological polar surface area (TPSA) is 29.1 Å². The Labute approximate surface area is 136 Å². The Kier molecular flexibility index (Phi) is 3.84. The molecule has 5 fully saturated rings. The van der Waals surface area contributed by atoms with E-state index in [2.05, 4.69) is 21.2 Å². The van der Waals surface area contributed by atoms with Crippen LogP contribution in [0.15, 0.2) is 0 Å². The second-order valence-electron chi connectivity index (χ2n) is 8.53. The molecule has 3 heteroatoms. The molecule has 5 aliphatic carbocycles. The Morgan fingerprint density at radius 3 is 2.00 bits per heavy atom. The molecule has 21 heavy (non-hydrogen) atoms. The number of hydrogen-bond acceptors (Lipinski definition) is 1. The maximum Gasteiger partial charge on any atom is 0.226 e. The molecule has 0 aromatic heterocycles. The zero-order valence-corrected chi connectivity index (χ0v) is 14.5. The van der Waals surface area contributed by atoms with E-state index in [9.17, 15) is 4.79 Å². The molecule has 0 aliphatic heterocycles. The van der Waals surface area contributed by atoms with Gasteiger partial charge in [-0.2, -0.15) is 0 Å². The van der Waals surface area contributed by atoms with Crippen LogP contribution in [0, 0.1) is 29.1 Å². The van der Waals surface area contributed by atoms with Crippen LogP contribution >= 0.6 is 15.9 Å². The molecule has 5 saturated carbocycles. The average molecular weight is 354 g/mol. The smallest absolute Gasteiger partial charge is 0.226 e. The van der Waals surface area contributed by atoms with E-state index >= 15 is 0 Å². The number of halogens is 1. The van der Waals surface area contributed by atoms with Crippen LogP contribution in [0.1, 0.15) is 64.2 Å². The van der Waals surface area contributed by atoms with Crippen molar-refractivity contribution >= 4 is 21.8 Å². The summed E-state index contributed by atoms with van der Waals surface area (Å²) in [5.74, 6) is 3.74. The summed E-state index contributed by atoms with van der Waals surface area (Å²) in [5, 5.41) is 3.37. The second kappa shape index (κ2) is 5.54. The van der Waals surface area contributed by atoms with Crippen molar-refractivity contribution in [2.45, 2.75) is 69.0 Å². The van der Waals surface area contributed by atoms with Gasteiger partial charge in [-0.1, -0.05) is 15.9 Å². The molecule has 0 spiro atoms. The van der Waals surface area contributed by atoms with Crippen LogP contribution in [0.2, 0.25) is 0 Å². The molecule has 0 heterocycles. The molecule has 0 aromatic carbocycles. The minimum Gasteiger partial charge on any atom is -0.355 e. The predicted molar refractivity (Wildman–Crippen MR) is 88.3 cm³/mol. The lowest BCUT2D eigenvalue weighted by Gasteiger charge is -2.55. The molecular formula is C18H28BrNO. The van der Waals surface area contributed by atoms with Crippen molar-refractivity contribution in [3.8, 4) is 0 Å². The summed E-state index contributed by atoms with van der Waals surface area (Å²) >= 11 is 3.72. The SMILES string of the molecule is O=C(NCC1CCC(Br)CC1)C12CC3CC(CC(C3)C1)C2. The third kappa shape index (κ3) is 2.80. The van der Waals surface area contributed by atoms with Gasteiger partial charge in [0.05, 0.1) is 0 Å². The Morgan fingerprint density at radius 2 is 1.48 bits per heavy atom. The molecule has 0 unspecified atom stereocenters. The highest BCUT2D eigenvalue weighted by Gasteiger charge is 2.54. The van der Waals surface area contributed by atoms with Gasteiger partial charge in [0, 0.05) is 16.8 Å². The number of amides is 1. The number of carbonyl (C=O) groups excluding carboxylic acids is 1. The number of rotatable bonds is 3. The molecule has 0 aromatic rings. The first-order valence-corrected chi connectivity index (χ1v) is 9.97. The van der Waals surface area contributed by atoms with Gasteiger partial charge < -0.3 is 5.32 Å². The molecule has 0 saturated heterocycles. The van der Waals surface area contributed by atoms with Crippen LogP contribution < -0.4 is 5.32 Å². The van der Waals surface area contributed by atoms with Gasteiger partial charge in [-0.15, -0.1) is 0 Å². The van der Waals surface area contributed by atoms with E-state index in [0.717, 1.165) is 30.2 Å². The van der Waals surface area contributed by atoms with Gasteiger partial charge in [-0.3, -0.25) is 4.79 Å². The average Bonchev–Trinajstić information content (AvgIpc) is 2.45. The van der Waals surface area contributed by atoms with Crippen LogP contribution in [0.4, 0.5) is 0 Å². The third-order valence-corrected chi connectivity index (χ3v) is 7.76. The summed E-state index contributed by atoms with van der Waals surface area (Å²) in [7, 11) is 0. The molecule has 5 rings (SSSR count). The van der Waals surface area contributed by atoms with E-state index in [1.54, 1.807) is 0 Å². The number of hydrogen-bond donors (Lipinski definition) is 1. The molecule has 1 N–H and O–H groups in total. The molecule has 2 nitrogen and oxygen atoms in total. The zero-order valence-electron chi connectivity index (χ0n) is 13.0. The molecule has 4 bridgehead atoms. The second-order valence-corrected chi connectivity index (χ2v) is 9.82. The van der Waals surface area contributed by atoms with Gasteiger partial charge in [0.25, 0.3) is 0 Å². The van der Waals surface area contributed by atoms with Crippen LogP contribution in [0.25, 0.3) is 0 Å². The van der Waals surface area contributed by atoms with Gasteiger partial charge in [-0.05, 0) is 87.9 Å². The van der Waals surface area contributed by atoms with Gasteiger partial charge in [-0.25, -0.2) is 0 Å². The molecule has 0 radical (unpaired) electrons. The van der Waals surface area contributed by atoms with Crippen LogP contribution in [0.5, 0.6) is 0 Å². The highest BCUT2D eigenvalue weighted by Crippen LogP contribution is 2.60. The van der Waals surface area contributed by atoms with E-state index in [-0.39, 0.29) is 5.41 Å². The lowest BCUT2D eigenvalue weighted by Crippen LogP contribution is -2.54. The molecule has 118 valence electrons. The van der Waals surface area contributed by atoms with Crippen molar-refractivity contribution < 1.29 is 4.79 Å². The Morgan fingerprint density at radius 1 is 0.952 bits per heavy atom. The minimum atomic E-state index is 0.0430. The van der Waals surface area contributed by atoms with E-state index < -0.39 is 0 Å². The first kappa shape index (κ1) is 14.5. The summed E-state index contributed by atoms with van der Waals surface area (Å²) in [6, 6.07) is 0. The fourth-order valence-electron chi connectivity index (χ4n) is 6.14. The largest absolute Gasteiger partial charge is 0.355 e. The van der Waals surface area contributed by atoms with Crippen molar-refractivity contribution in [1.29, 1.82) is 0 Å². The van der Waals surface area contributed by atoms with Gasteiger partial charge in [0.1, 0.15) is 0 Å². The first-order valence-electron chi connectivity index (χ1n) is 9.05. The lowest BCUT2D eigenvalue weighted by molar-refractivity contribution is -0.146. The van der Waals surface area contributed by atoms with Crippen molar-refractivity contribution in [3.05, 3.63) is 0 Å². The Balaban J connectivity index is 1.35. The van der Waals surface area contributed by atoms with Crippen LogP contribution in [0.3, 0.4) is 0 Å². The molecule has 5 aliphatic rings. The fraction of sp³-hybridized carbons (Fsp3) is 0.944. The monoisotopic (exact) mass is 353 g/mol. The van der Waals surface area contributed by atoms with Crippen molar-refractivity contribution in [2.24, 2.45) is 29.1 Å². The maximum atomic E-state index is 12.9. The zero-order chi connectivity index (χ0) is 14.4. The summed E-state index contributed by atoms with van der Waals surface area (Å²) in [6.07, 6.45) is 12.9. The molecular weight excluding hydrogens is 326 g/mol. The number of alkyl halides is 1. The quantitative estimate of drug-likeness (QED) is 0.754. The summed E-state index contributed by atoms with van der Waals surface area (Å²) in [4.78, 5) is 13.6. The van der Waals surface area contributed by atoms with Gasteiger partial charge in [0.2, 0.25) is 5.91 Å². The molecule has 0 atom stereocenters. The summed E-state index contributed by atoms with van der Waals surface area (Å²) in [5.41, 5.74) is 0.0430. The maximum absolute atomic E-state index is 12.9. The third-order valence-electron chi connectivity index (χ3n) is 6.85. The van der Waals surface area contributed by atoms with E-state index in [0.29, 0.717) is 10.7 Å². The minimum absolute atomic E-state index is 0.0430. The standard InChI is InChI=1S/C18H28BrNO/c19-16-3-1-12(2-4-16)11-20-17(21)18-8-13-5-14(9-18)7-15(6-13)10-18/h12-16H,1-11H2,(H,20,21). The number of nitrogens with one attached hydrogen (secondary N) is 1.